The molecule has 3 aromatic carbocycles. The number of ketones is 1. The van der Waals surface area contributed by atoms with Gasteiger partial charge in [-0.15, -0.1) is 0 Å². The molecule has 3 nitrogen and oxygen atoms in total. The van der Waals surface area contributed by atoms with Gasteiger partial charge in [-0.2, -0.15) is 0 Å². The molecular weight excluding hydrogens is 381 g/mol. The van der Waals surface area contributed by atoms with Crippen LogP contribution in [-0.2, 0) is 0 Å². The third kappa shape index (κ3) is 4.97. The lowest BCUT2D eigenvalue weighted by Gasteiger charge is -2.11. The van der Waals surface area contributed by atoms with E-state index < -0.39 is 0 Å². The summed E-state index contributed by atoms with van der Waals surface area (Å²) in [5.74, 6) is 0.907. The van der Waals surface area contributed by atoms with E-state index in [2.05, 4.69) is 4.99 Å². The number of nitrogens with zero attached hydrogens (tertiary/aromatic N) is 1. The SMILES string of the molecule is CC(CC(=O)c1ccccc1)=Nc1ccccc1Oc1c(Cl)cccc1Cl. The molecule has 0 amide bonds. The van der Waals surface area contributed by atoms with Gasteiger partial charge in [-0.05, 0) is 31.2 Å². The molecule has 0 heterocycles. The topological polar surface area (TPSA) is 38.7 Å². The molecule has 0 unspecified atom stereocenters. The lowest BCUT2D eigenvalue weighted by Crippen LogP contribution is -2.05. The van der Waals surface area contributed by atoms with Crippen LogP contribution in [0.25, 0.3) is 0 Å². The number of ether oxygens (including phenoxy) is 1. The summed E-state index contributed by atoms with van der Waals surface area (Å²) in [6.45, 7) is 1.82. The highest BCUT2D eigenvalue weighted by Crippen LogP contribution is 2.39. The van der Waals surface area contributed by atoms with Crippen molar-refractivity contribution in [2.24, 2.45) is 4.99 Å². The van der Waals surface area contributed by atoms with Crippen molar-refractivity contribution in [1.82, 2.24) is 0 Å². The minimum Gasteiger partial charge on any atom is -0.452 e. The smallest absolute Gasteiger partial charge is 0.168 e. The maximum Gasteiger partial charge on any atom is 0.168 e. The number of halogens is 2. The predicted molar refractivity (Wildman–Crippen MR) is 111 cm³/mol. The fourth-order valence-corrected chi connectivity index (χ4v) is 3.00. The Kier molecular flexibility index (Phi) is 6.28. The average Bonchev–Trinajstić information content (AvgIpc) is 2.66. The van der Waals surface area contributed by atoms with Gasteiger partial charge in [0.2, 0.25) is 0 Å². The summed E-state index contributed by atoms with van der Waals surface area (Å²) in [6, 6.07) is 21.6. The fraction of sp³-hybridized carbons (Fsp3) is 0.0909. The van der Waals surface area contributed by atoms with Crippen LogP contribution in [0.4, 0.5) is 5.69 Å². The first-order valence-electron chi connectivity index (χ1n) is 8.38. The van der Waals surface area contributed by atoms with Gasteiger partial charge < -0.3 is 4.74 Å². The van der Waals surface area contributed by atoms with Gasteiger partial charge in [-0.3, -0.25) is 9.79 Å². The molecule has 0 fully saturated rings. The Morgan fingerprint density at radius 2 is 1.52 bits per heavy atom. The van der Waals surface area contributed by atoms with E-state index in [9.17, 15) is 4.79 Å². The molecule has 0 aliphatic rings. The van der Waals surface area contributed by atoms with E-state index in [1.807, 2.05) is 43.3 Å². The number of carbonyl (C=O) groups is 1. The molecule has 0 spiro atoms. The first kappa shape index (κ1) is 19.2. The molecule has 3 aromatic rings. The molecular formula is C22H17Cl2NO2. The van der Waals surface area contributed by atoms with Crippen molar-refractivity contribution in [1.29, 1.82) is 0 Å². The van der Waals surface area contributed by atoms with Gasteiger partial charge in [0.1, 0.15) is 5.69 Å². The molecule has 0 aliphatic heterocycles. The van der Waals surface area contributed by atoms with Gasteiger partial charge in [-0.1, -0.05) is 71.7 Å². The van der Waals surface area contributed by atoms with Crippen molar-refractivity contribution in [3.05, 3.63) is 88.4 Å². The Hall–Kier alpha value is -2.62. The third-order valence-electron chi connectivity index (χ3n) is 3.82. The molecule has 0 saturated heterocycles. The highest BCUT2D eigenvalue weighted by molar-refractivity contribution is 6.37. The van der Waals surface area contributed by atoms with Gasteiger partial charge in [0.25, 0.3) is 0 Å². The van der Waals surface area contributed by atoms with E-state index >= 15 is 0 Å². The van der Waals surface area contributed by atoms with E-state index in [1.54, 1.807) is 36.4 Å². The quantitative estimate of drug-likeness (QED) is 0.327. The van der Waals surface area contributed by atoms with Crippen LogP contribution in [0.5, 0.6) is 11.5 Å². The van der Waals surface area contributed by atoms with Crippen LogP contribution in [-0.4, -0.2) is 11.5 Å². The molecule has 3 rings (SSSR count). The fourth-order valence-electron chi connectivity index (χ4n) is 2.53. The number of Topliss-reactive ketones (excluding diaryl/α,β-unsaturated/α-hetero) is 1. The summed E-state index contributed by atoms with van der Waals surface area (Å²) < 4.78 is 5.91. The molecule has 0 atom stereocenters. The zero-order valence-corrected chi connectivity index (χ0v) is 16.2. The third-order valence-corrected chi connectivity index (χ3v) is 4.41. The Balaban J connectivity index is 1.83. The largest absolute Gasteiger partial charge is 0.452 e. The minimum absolute atomic E-state index is 0.0180. The molecule has 5 heteroatoms. The van der Waals surface area contributed by atoms with E-state index in [4.69, 9.17) is 27.9 Å². The normalized spacial score (nSPS) is 11.3. The monoisotopic (exact) mass is 397 g/mol. The number of para-hydroxylation sites is 3. The maximum atomic E-state index is 12.4. The Bertz CT molecular complexity index is 964. The predicted octanol–water partition coefficient (Wildman–Crippen LogP) is 7.15. The van der Waals surface area contributed by atoms with Crippen molar-refractivity contribution in [2.45, 2.75) is 13.3 Å². The zero-order valence-electron chi connectivity index (χ0n) is 14.7. The number of aliphatic imine (C=N–C) groups is 1. The highest BCUT2D eigenvalue weighted by atomic mass is 35.5. The number of benzene rings is 3. The molecule has 136 valence electrons. The van der Waals surface area contributed by atoms with Crippen LogP contribution in [0.2, 0.25) is 10.0 Å². The number of rotatable bonds is 6. The highest BCUT2D eigenvalue weighted by Gasteiger charge is 2.12. The molecule has 27 heavy (non-hydrogen) atoms. The van der Waals surface area contributed by atoms with Crippen LogP contribution < -0.4 is 4.74 Å². The Morgan fingerprint density at radius 1 is 0.889 bits per heavy atom. The van der Waals surface area contributed by atoms with Crippen LogP contribution >= 0.6 is 23.2 Å². The van der Waals surface area contributed by atoms with Gasteiger partial charge in [0.05, 0.1) is 10.0 Å². The second kappa shape index (κ2) is 8.85. The Morgan fingerprint density at radius 3 is 2.22 bits per heavy atom. The Labute approximate surface area is 168 Å². The molecule has 0 bridgehead atoms. The molecule has 0 N–H and O–H groups in total. The van der Waals surface area contributed by atoms with Crippen LogP contribution in [0, 0.1) is 0 Å². The van der Waals surface area contributed by atoms with Gasteiger partial charge >= 0.3 is 0 Å². The number of hydrogen-bond acceptors (Lipinski definition) is 3. The molecule has 0 saturated carbocycles. The summed E-state index contributed by atoms with van der Waals surface area (Å²) >= 11 is 12.4. The first-order valence-corrected chi connectivity index (χ1v) is 9.13. The van der Waals surface area contributed by atoms with Gasteiger partial charge in [0, 0.05) is 17.7 Å². The number of hydrogen-bond donors (Lipinski definition) is 0. The summed E-state index contributed by atoms with van der Waals surface area (Å²) in [5, 5.41) is 0.828. The maximum absolute atomic E-state index is 12.4. The summed E-state index contributed by atoms with van der Waals surface area (Å²) in [4.78, 5) is 16.9. The molecule has 0 radical (unpaired) electrons. The summed E-state index contributed by atoms with van der Waals surface area (Å²) in [5.41, 5.74) is 1.96. The van der Waals surface area contributed by atoms with Gasteiger partial charge in [-0.25, -0.2) is 0 Å². The summed E-state index contributed by atoms with van der Waals surface area (Å²) in [6.07, 6.45) is 0.227. The second-order valence-corrected chi connectivity index (χ2v) is 6.75. The van der Waals surface area contributed by atoms with Crippen molar-refractivity contribution in [3.8, 4) is 11.5 Å². The minimum atomic E-state index is 0.0180. The van der Waals surface area contributed by atoms with Crippen molar-refractivity contribution in [2.75, 3.05) is 0 Å². The van der Waals surface area contributed by atoms with Crippen LogP contribution in [0.1, 0.15) is 23.7 Å². The molecule has 0 aliphatic carbocycles. The zero-order chi connectivity index (χ0) is 19.2. The van der Waals surface area contributed by atoms with E-state index in [0.717, 1.165) is 0 Å². The van der Waals surface area contributed by atoms with Gasteiger partial charge in [0.15, 0.2) is 17.3 Å². The lowest BCUT2D eigenvalue weighted by molar-refractivity contribution is 0.100. The number of carbonyl (C=O) groups excluding carboxylic acids is 1. The van der Waals surface area contributed by atoms with Crippen LogP contribution in [0.15, 0.2) is 77.8 Å². The first-order chi connectivity index (χ1) is 13.0. The lowest BCUT2D eigenvalue weighted by atomic mass is 10.1. The summed E-state index contributed by atoms with van der Waals surface area (Å²) in [7, 11) is 0. The van der Waals surface area contributed by atoms with Crippen LogP contribution in [0.3, 0.4) is 0 Å². The average molecular weight is 398 g/mol. The molecule has 0 aromatic heterocycles. The van der Waals surface area contributed by atoms with Crippen molar-refractivity contribution < 1.29 is 9.53 Å². The standard InChI is InChI=1S/C22H17Cl2NO2/c1-15(14-20(26)16-8-3-2-4-9-16)25-19-12-5-6-13-21(19)27-22-17(23)10-7-11-18(22)24/h2-13H,14H2,1H3. The second-order valence-electron chi connectivity index (χ2n) is 5.93. The van der Waals surface area contributed by atoms with E-state index in [1.165, 1.54) is 0 Å². The van der Waals surface area contributed by atoms with E-state index in [0.29, 0.717) is 38.5 Å². The van der Waals surface area contributed by atoms with Crippen molar-refractivity contribution >= 4 is 40.4 Å². The van der Waals surface area contributed by atoms with Crippen molar-refractivity contribution in [3.63, 3.8) is 0 Å². The van der Waals surface area contributed by atoms with E-state index in [-0.39, 0.29) is 12.2 Å².